The van der Waals surface area contributed by atoms with Gasteiger partial charge in [0.1, 0.15) is 12.6 Å². The Bertz CT molecular complexity index is 374. The molecule has 0 rings (SSSR count). The van der Waals surface area contributed by atoms with Gasteiger partial charge in [0, 0.05) is 6.42 Å². The predicted molar refractivity (Wildman–Crippen MR) is 93.3 cm³/mol. The summed E-state index contributed by atoms with van der Waals surface area (Å²) in [6.45, 7) is 2.96. The van der Waals surface area contributed by atoms with Gasteiger partial charge in [-0.05, 0) is 13.3 Å². The van der Waals surface area contributed by atoms with Gasteiger partial charge in [-0.25, -0.2) is 4.79 Å². The van der Waals surface area contributed by atoms with Gasteiger partial charge >= 0.3 is 11.9 Å². The molecule has 1 atom stereocenters. The van der Waals surface area contributed by atoms with E-state index in [1.807, 2.05) is 0 Å². The molecule has 0 spiro atoms. The number of carbonyl (C=O) groups excluding carboxylic acids is 1. The molecule has 142 valence electrons. The number of unbranched alkanes of at least 4 members (excludes halogenated alkanes) is 8. The third kappa shape index (κ3) is 11.9. The zero-order valence-electron chi connectivity index (χ0n) is 15.1. The molecule has 0 fully saturated rings. The van der Waals surface area contributed by atoms with Crippen LogP contribution in [0.15, 0.2) is 0 Å². The molecule has 0 aliphatic rings. The van der Waals surface area contributed by atoms with Gasteiger partial charge in [0.05, 0.1) is 0 Å². The Hall–Kier alpha value is -1.63. The second-order valence-corrected chi connectivity index (χ2v) is 6.01. The average Bonchev–Trinajstić information content (AvgIpc) is 2.49. The van der Waals surface area contributed by atoms with E-state index in [1.54, 1.807) is 0 Å². The lowest BCUT2D eigenvalue weighted by atomic mass is 10.1. The highest BCUT2D eigenvalue weighted by atomic mass is 16.4. The molecule has 0 aromatic rings. The summed E-state index contributed by atoms with van der Waals surface area (Å²) < 4.78 is 0. The molecule has 7 heteroatoms. The number of carboxylic acid groups (broad SMARTS) is 2. The number of hydrogen-bond acceptors (Lipinski definition) is 4. The average molecular weight is 346 g/mol. The lowest BCUT2D eigenvalue weighted by molar-refractivity contribution is -0.153. The lowest BCUT2D eigenvalue weighted by Gasteiger charge is -2.24. The van der Waals surface area contributed by atoms with Crippen molar-refractivity contribution in [2.24, 2.45) is 0 Å². The Morgan fingerprint density at radius 2 is 1.33 bits per heavy atom. The Morgan fingerprint density at radius 3 is 1.75 bits per heavy atom. The molecule has 1 unspecified atom stereocenters. The summed E-state index contributed by atoms with van der Waals surface area (Å²) in [5.41, 5.74) is 0. The minimum Gasteiger partial charge on any atom is -0.480 e. The van der Waals surface area contributed by atoms with Crippen molar-refractivity contribution in [3.63, 3.8) is 0 Å². The van der Waals surface area contributed by atoms with Gasteiger partial charge in [-0.1, -0.05) is 58.3 Å². The van der Waals surface area contributed by atoms with Gasteiger partial charge < -0.3 is 21.3 Å². The van der Waals surface area contributed by atoms with E-state index in [0.29, 0.717) is 6.42 Å². The molecule has 7 nitrogen and oxygen atoms in total. The second kappa shape index (κ2) is 14.9. The molecule has 0 saturated heterocycles. The molecule has 0 radical (unpaired) electrons. The first-order valence-electron chi connectivity index (χ1n) is 8.64. The van der Waals surface area contributed by atoms with Crippen molar-refractivity contribution in [3.05, 3.63) is 0 Å². The molecule has 5 N–H and O–H groups in total. The van der Waals surface area contributed by atoms with E-state index in [9.17, 15) is 14.4 Å². The summed E-state index contributed by atoms with van der Waals surface area (Å²) in [6.07, 6.45) is 10.3. The summed E-state index contributed by atoms with van der Waals surface area (Å²) in [4.78, 5) is 34.7. The van der Waals surface area contributed by atoms with Crippen LogP contribution in [-0.4, -0.2) is 45.5 Å². The fraction of sp³-hybridized carbons (Fsp3) is 0.824. The van der Waals surface area contributed by atoms with Gasteiger partial charge in [-0.3, -0.25) is 9.59 Å². The molecule has 0 bridgehead atoms. The Kier molecular flexibility index (Phi) is 15.3. The Morgan fingerprint density at radius 1 is 0.875 bits per heavy atom. The van der Waals surface area contributed by atoms with Gasteiger partial charge in [-0.2, -0.15) is 0 Å². The summed E-state index contributed by atoms with van der Waals surface area (Å²) >= 11 is 0. The molecular formula is C17H34N2O5. The first-order valence-corrected chi connectivity index (χ1v) is 8.64. The van der Waals surface area contributed by atoms with Crippen molar-refractivity contribution in [1.82, 2.24) is 11.1 Å². The van der Waals surface area contributed by atoms with E-state index in [0.717, 1.165) is 24.2 Å². The number of rotatable bonds is 14. The summed E-state index contributed by atoms with van der Waals surface area (Å²) in [5.74, 6) is -2.78. The fourth-order valence-electron chi connectivity index (χ4n) is 2.45. The van der Waals surface area contributed by atoms with Crippen LogP contribution in [0, 0.1) is 0 Å². The third-order valence-electron chi connectivity index (χ3n) is 3.95. The predicted octanol–water partition coefficient (Wildman–Crippen LogP) is 3.46. The molecule has 24 heavy (non-hydrogen) atoms. The van der Waals surface area contributed by atoms with Gasteiger partial charge in [0.15, 0.2) is 0 Å². The largest absolute Gasteiger partial charge is 0.480 e. The van der Waals surface area contributed by atoms with Crippen molar-refractivity contribution in [2.75, 3.05) is 6.54 Å². The molecule has 0 aliphatic heterocycles. The molecule has 0 aliphatic carbocycles. The van der Waals surface area contributed by atoms with E-state index >= 15 is 0 Å². The molecule has 0 heterocycles. The van der Waals surface area contributed by atoms with Crippen LogP contribution < -0.4 is 6.15 Å². The number of amides is 1. The fourth-order valence-corrected chi connectivity index (χ4v) is 2.45. The van der Waals surface area contributed by atoms with Crippen molar-refractivity contribution in [2.45, 2.75) is 84.1 Å². The minimum absolute atomic E-state index is 0. The van der Waals surface area contributed by atoms with Crippen LogP contribution in [0.3, 0.4) is 0 Å². The Balaban J connectivity index is 0. The molecule has 1 amide bonds. The number of aliphatic carboxylic acids is 2. The van der Waals surface area contributed by atoms with Crippen LogP contribution in [0.4, 0.5) is 0 Å². The van der Waals surface area contributed by atoms with Crippen molar-refractivity contribution >= 4 is 17.8 Å². The summed E-state index contributed by atoms with van der Waals surface area (Å²) in [7, 11) is 0. The van der Waals surface area contributed by atoms with Crippen molar-refractivity contribution < 1.29 is 24.6 Å². The minimum atomic E-state index is -1.20. The number of carboxylic acids is 2. The third-order valence-corrected chi connectivity index (χ3v) is 3.95. The summed E-state index contributed by atoms with van der Waals surface area (Å²) in [5, 5.41) is 17.8. The van der Waals surface area contributed by atoms with Gasteiger partial charge in [0.2, 0.25) is 5.91 Å². The SMILES string of the molecule is CCCCCCCCCCCC(=O)N(CC(=O)O)C(C)C(=O)O.N. The van der Waals surface area contributed by atoms with Crippen LogP contribution in [0.1, 0.15) is 78.1 Å². The number of hydrogen-bond donors (Lipinski definition) is 3. The quantitative estimate of drug-likeness (QED) is 0.413. The molecule has 0 aromatic heterocycles. The smallest absolute Gasteiger partial charge is 0.326 e. The zero-order valence-corrected chi connectivity index (χ0v) is 15.1. The standard InChI is InChI=1S/C17H31NO5.H3N/c1-3-4-5-6-7-8-9-10-11-12-15(19)18(13-16(20)21)14(2)17(22)23;/h14H,3-13H2,1-2H3,(H,20,21)(H,22,23);1H3. The van der Waals surface area contributed by atoms with E-state index in [-0.39, 0.29) is 12.6 Å². The molecular weight excluding hydrogens is 312 g/mol. The van der Waals surface area contributed by atoms with Gasteiger partial charge in [0.25, 0.3) is 0 Å². The maximum absolute atomic E-state index is 12.0. The van der Waals surface area contributed by atoms with Crippen LogP contribution in [-0.2, 0) is 14.4 Å². The zero-order chi connectivity index (χ0) is 17.7. The van der Waals surface area contributed by atoms with Crippen molar-refractivity contribution in [3.8, 4) is 0 Å². The van der Waals surface area contributed by atoms with Crippen LogP contribution >= 0.6 is 0 Å². The first-order chi connectivity index (χ1) is 10.9. The number of carbonyl (C=O) groups is 3. The summed E-state index contributed by atoms with van der Waals surface area (Å²) in [6, 6.07) is -1.11. The van der Waals surface area contributed by atoms with E-state index in [1.165, 1.54) is 39.0 Å². The van der Waals surface area contributed by atoms with E-state index in [2.05, 4.69) is 6.92 Å². The highest BCUT2D eigenvalue weighted by Crippen LogP contribution is 2.12. The van der Waals surface area contributed by atoms with Gasteiger partial charge in [-0.15, -0.1) is 0 Å². The molecule has 0 saturated carbocycles. The van der Waals surface area contributed by atoms with Crippen LogP contribution in [0.25, 0.3) is 0 Å². The highest BCUT2D eigenvalue weighted by Gasteiger charge is 2.26. The maximum Gasteiger partial charge on any atom is 0.326 e. The maximum atomic E-state index is 12.0. The lowest BCUT2D eigenvalue weighted by Crippen LogP contribution is -2.45. The monoisotopic (exact) mass is 346 g/mol. The topological polar surface area (TPSA) is 130 Å². The van der Waals surface area contributed by atoms with Crippen LogP contribution in [0.5, 0.6) is 0 Å². The normalized spacial score (nSPS) is 11.4. The van der Waals surface area contributed by atoms with Crippen molar-refractivity contribution in [1.29, 1.82) is 0 Å². The van der Waals surface area contributed by atoms with Crippen LogP contribution in [0.2, 0.25) is 0 Å². The van der Waals surface area contributed by atoms with E-state index < -0.39 is 30.4 Å². The Labute approximate surface area is 145 Å². The second-order valence-electron chi connectivity index (χ2n) is 6.01. The number of nitrogens with zero attached hydrogens (tertiary/aromatic N) is 1. The molecule has 0 aromatic carbocycles. The first kappa shape index (κ1) is 24.6. The van der Waals surface area contributed by atoms with E-state index in [4.69, 9.17) is 10.2 Å². The highest BCUT2D eigenvalue weighted by molar-refractivity contribution is 5.86.